The molecule has 1 saturated heterocycles. The highest BCUT2D eigenvalue weighted by molar-refractivity contribution is 5.20. The van der Waals surface area contributed by atoms with Gasteiger partial charge in [0.15, 0.2) is 0 Å². The Morgan fingerprint density at radius 1 is 1.19 bits per heavy atom. The highest BCUT2D eigenvalue weighted by Gasteiger charge is 2.34. The molecule has 1 fully saturated rings. The lowest BCUT2D eigenvalue weighted by Crippen LogP contribution is -2.33. The van der Waals surface area contributed by atoms with E-state index in [1.54, 1.807) is 0 Å². The van der Waals surface area contributed by atoms with E-state index in [1.807, 2.05) is 0 Å². The van der Waals surface area contributed by atoms with Crippen LogP contribution in [0.4, 0.5) is 0 Å². The second-order valence-corrected chi connectivity index (χ2v) is 6.51. The average molecular weight is 219 g/mol. The van der Waals surface area contributed by atoms with Crippen molar-refractivity contribution < 1.29 is 0 Å². The minimum Gasteiger partial charge on any atom is -0.371 e. The van der Waals surface area contributed by atoms with Crippen molar-refractivity contribution in [3.8, 4) is 0 Å². The summed E-state index contributed by atoms with van der Waals surface area (Å²) >= 11 is 0. The molecule has 0 N–H and O–H groups in total. The van der Waals surface area contributed by atoms with Crippen LogP contribution in [-0.2, 0) is 0 Å². The number of hydrogen-bond donors (Lipinski definition) is 0. The van der Waals surface area contributed by atoms with E-state index in [4.69, 9.17) is 0 Å². The summed E-state index contributed by atoms with van der Waals surface area (Å²) in [5.74, 6) is 0. The van der Waals surface area contributed by atoms with Crippen molar-refractivity contribution in [2.75, 3.05) is 6.54 Å². The summed E-state index contributed by atoms with van der Waals surface area (Å²) in [4.78, 5) is 2.51. The Hall–Kier alpha value is -0.720. The van der Waals surface area contributed by atoms with Crippen LogP contribution in [0.15, 0.2) is 24.4 Å². The first-order chi connectivity index (χ1) is 7.42. The highest BCUT2D eigenvalue weighted by atomic mass is 15.1. The van der Waals surface area contributed by atoms with Crippen molar-refractivity contribution in [2.45, 2.75) is 53.0 Å². The molecule has 0 amide bonds. The van der Waals surface area contributed by atoms with Crippen molar-refractivity contribution in [1.82, 2.24) is 4.90 Å². The van der Waals surface area contributed by atoms with Crippen LogP contribution in [-0.4, -0.2) is 17.5 Å². The number of nitrogens with zero attached hydrogens (tertiary/aromatic N) is 1. The van der Waals surface area contributed by atoms with E-state index in [2.05, 4.69) is 57.0 Å². The summed E-state index contributed by atoms with van der Waals surface area (Å²) in [6.07, 6.45) is 13.7. The van der Waals surface area contributed by atoms with Crippen LogP contribution in [0.25, 0.3) is 0 Å². The minimum absolute atomic E-state index is 0.185. The van der Waals surface area contributed by atoms with E-state index >= 15 is 0 Å². The molecule has 0 saturated carbocycles. The molecule has 2 heterocycles. The molecule has 90 valence electrons. The Balaban J connectivity index is 2.27. The molecule has 1 heteroatoms. The Morgan fingerprint density at radius 2 is 1.94 bits per heavy atom. The third-order valence-corrected chi connectivity index (χ3v) is 4.49. The van der Waals surface area contributed by atoms with Gasteiger partial charge in [0.2, 0.25) is 0 Å². The smallest absolute Gasteiger partial charge is 0.0467 e. The van der Waals surface area contributed by atoms with Crippen LogP contribution >= 0.6 is 0 Å². The number of allylic oxidation sites excluding steroid dienone is 2. The van der Waals surface area contributed by atoms with Crippen molar-refractivity contribution in [3.05, 3.63) is 24.4 Å². The zero-order valence-corrected chi connectivity index (χ0v) is 11.2. The monoisotopic (exact) mass is 219 g/mol. The maximum atomic E-state index is 2.51. The molecule has 2 rings (SSSR count). The summed E-state index contributed by atoms with van der Waals surface area (Å²) in [6.45, 7) is 10.5. The molecule has 0 aliphatic carbocycles. The van der Waals surface area contributed by atoms with E-state index in [1.165, 1.54) is 25.8 Å². The van der Waals surface area contributed by atoms with Crippen molar-refractivity contribution >= 4 is 0 Å². The molecule has 0 aromatic heterocycles. The summed E-state index contributed by atoms with van der Waals surface area (Å²) in [5.41, 5.74) is 0.471. The first-order valence-electron chi connectivity index (χ1n) is 6.57. The summed E-state index contributed by atoms with van der Waals surface area (Å²) in [5, 5.41) is 0. The molecular formula is C15H25N. The maximum Gasteiger partial charge on any atom is 0.0467 e. The summed E-state index contributed by atoms with van der Waals surface area (Å²) in [6, 6.07) is 0.647. The number of rotatable bonds is 0. The molecule has 0 aromatic rings. The molecule has 0 spiro atoms. The summed E-state index contributed by atoms with van der Waals surface area (Å²) in [7, 11) is 0. The molecule has 2 aliphatic heterocycles. The number of piperidine rings is 1. The lowest BCUT2D eigenvalue weighted by molar-refractivity contribution is 0.226. The molecule has 0 aromatic carbocycles. The van der Waals surface area contributed by atoms with Crippen molar-refractivity contribution in [1.29, 1.82) is 0 Å². The molecule has 16 heavy (non-hydrogen) atoms. The van der Waals surface area contributed by atoms with E-state index < -0.39 is 0 Å². The van der Waals surface area contributed by atoms with Gasteiger partial charge in [-0.1, -0.05) is 45.9 Å². The van der Waals surface area contributed by atoms with Crippen LogP contribution in [0.2, 0.25) is 0 Å². The number of hydrogen-bond acceptors (Lipinski definition) is 1. The van der Waals surface area contributed by atoms with Crippen LogP contribution in [0, 0.1) is 10.8 Å². The van der Waals surface area contributed by atoms with Crippen LogP contribution < -0.4 is 0 Å². The van der Waals surface area contributed by atoms with E-state index in [-0.39, 0.29) is 10.8 Å². The standard InChI is InChI=1S/C15H25N/c1-14(2,3)15(4)9-8-13-7-5-6-11-16(13)12-10-15/h8-10,12-13H,5-7,11H2,1-4H3. The van der Waals surface area contributed by atoms with Gasteiger partial charge in [-0.05, 0) is 30.9 Å². The van der Waals surface area contributed by atoms with Gasteiger partial charge in [0.25, 0.3) is 0 Å². The van der Waals surface area contributed by atoms with Gasteiger partial charge in [-0.3, -0.25) is 0 Å². The predicted molar refractivity (Wildman–Crippen MR) is 70.2 cm³/mol. The fourth-order valence-corrected chi connectivity index (χ4v) is 2.49. The average Bonchev–Trinajstić information content (AvgIpc) is 2.39. The molecular weight excluding hydrogens is 194 g/mol. The lowest BCUT2D eigenvalue weighted by Gasteiger charge is -2.36. The van der Waals surface area contributed by atoms with Gasteiger partial charge in [0.05, 0.1) is 0 Å². The second kappa shape index (κ2) is 3.94. The van der Waals surface area contributed by atoms with Gasteiger partial charge >= 0.3 is 0 Å². The van der Waals surface area contributed by atoms with E-state index in [0.717, 1.165) is 0 Å². The van der Waals surface area contributed by atoms with E-state index in [9.17, 15) is 0 Å². The van der Waals surface area contributed by atoms with Gasteiger partial charge in [-0.25, -0.2) is 0 Å². The quantitative estimate of drug-likeness (QED) is 0.557. The molecule has 0 bridgehead atoms. The Kier molecular flexibility index (Phi) is 2.90. The number of fused-ring (bicyclic) bond motifs is 1. The molecule has 2 aliphatic rings. The predicted octanol–water partition coefficient (Wildman–Crippen LogP) is 3.98. The van der Waals surface area contributed by atoms with Crippen LogP contribution in [0.3, 0.4) is 0 Å². The maximum absolute atomic E-state index is 2.51. The van der Waals surface area contributed by atoms with Crippen LogP contribution in [0.5, 0.6) is 0 Å². The highest BCUT2D eigenvalue weighted by Crippen LogP contribution is 2.42. The van der Waals surface area contributed by atoms with Gasteiger partial charge in [-0.15, -0.1) is 0 Å². The molecule has 0 radical (unpaired) electrons. The normalized spacial score (nSPS) is 34.8. The summed E-state index contributed by atoms with van der Waals surface area (Å²) < 4.78 is 0. The Labute approximate surface area is 100 Å². The SMILES string of the molecule is CC(C)(C)C1(C)C=CC2CCCCN2C=C1. The van der Waals surface area contributed by atoms with Crippen molar-refractivity contribution in [3.63, 3.8) is 0 Å². The first kappa shape index (κ1) is 11.8. The fourth-order valence-electron chi connectivity index (χ4n) is 2.49. The van der Waals surface area contributed by atoms with Crippen LogP contribution in [0.1, 0.15) is 47.0 Å². The van der Waals surface area contributed by atoms with Gasteiger partial charge in [0.1, 0.15) is 0 Å². The fraction of sp³-hybridized carbons (Fsp3) is 0.733. The molecule has 2 unspecified atom stereocenters. The lowest BCUT2D eigenvalue weighted by atomic mass is 9.68. The van der Waals surface area contributed by atoms with Gasteiger partial charge in [0, 0.05) is 18.0 Å². The molecule has 2 atom stereocenters. The van der Waals surface area contributed by atoms with Gasteiger partial charge in [-0.2, -0.15) is 0 Å². The zero-order chi connectivity index (χ0) is 11.8. The minimum atomic E-state index is 0.185. The Morgan fingerprint density at radius 3 is 2.62 bits per heavy atom. The zero-order valence-electron chi connectivity index (χ0n) is 11.2. The van der Waals surface area contributed by atoms with E-state index in [0.29, 0.717) is 6.04 Å². The second-order valence-electron chi connectivity index (χ2n) is 6.51. The third-order valence-electron chi connectivity index (χ3n) is 4.49. The Bertz CT molecular complexity index is 284. The first-order valence-corrected chi connectivity index (χ1v) is 6.57. The topological polar surface area (TPSA) is 3.24 Å². The van der Waals surface area contributed by atoms with Gasteiger partial charge < -0.3 is 4.90 Å². The third kappa shape index (κ3) is 2.05. The van der Waals surface area contributed by atoms with Crippen molar-refractivity contribution in [2.24, 2.45) is 10.8 Å². The largest absolute Gasteiger partial charge is 0.371 e. The molecule has 1 nitrogen and oxygen atoms in total.